The van der Waals surface area contributed by atoms with Gasteiger partial charge in [-0.1, -0.05) is 61.3 Å². The normalized spacial score (nSPS) is 11.0. The van der Waals surface area contributed by atoms with Gasteiger partial charge in [0, 0.05) is 24.2 Å². The van der Waals surface area contributed by atoms with Gasteiger partial charge in [-0.2, -0.15) is 0 Å². The van der Waals surface area contributed by atoms with Gasteiger partial charge in [0.1, 0.15) is 5.75 Å². The van der Waals surface area contributed by atoms with Gasteiger partial charge in [-0.3, -0.25) is 0 Å². The van der Waals surface area contributed by atoms with Gasteiger partial charge in [-0.25, -0.2) is 0 Å². The minimum Gasteiger partial charge on any atom is -0.495 e. The smallest absolute Gasteiger partial charge is 0.138 e. The number of benzene rings is 2. The van der Waals surface area contributed by atoms with Gasteiger partial charge in [-0.05, 0) is 17.2 Å². The van der Waals surface area contributed by atoms with Crippen molar-refractivity contribution < 1.29 is 4.74 Å². The van der Waals surface area contributed by atoms with Crippen LogP contribution in [0, 0.1) is 0 Å². The molecule has 2 aromatic rings. The summed E-state index contributed by atoms with van der Waals surface area (Å²) in [7, 11) is 1.58. The molecule has 112 valence electrons. The molecule has 0 heterocycles. The van der Waals surface area contributed by atoms with Crippen LogP contribution in [0.25, 0.3) is 11.1 Å². The van der Waals surface area contributed by atoms with Crippen molar-refractivity contribution >= 4 is 23.2 Å². The minimum absolute atomic E-state index is 0.472. The van der Waals surface area contributed by atoms with Crippen molar-refractivity contribution in [3.63, 3.8) is 0 Å². The van der Waals surface area contributed by atoms with Crippen molar-refractivity contribution in [1.29, 1.82) is 0 Å². The lowest BCUT2D eigenvalue weighted by Gasteiger charge is -2.11. The lowest BCUT2D eigenvalue weighted by molar-refractivity contribution is 0.415. The van der Waals surface area contributed by atoms with E-state index in [9.17, 15) is 0 Å². The Balaban J connectivity index is 2.24. The van der Waals surface area contributed by atoms with E-state index < -0.39 is 0 Å². The van der Waals surface area contributed by atoms with Crippen molar-refractivity contribution in [1.82, 2.24) is 5.32 Å². The fourth-order valence-corrected chi connectivity index (χ4v) is 2.53. The highest BCUT2D eigenvalue weighted by Crippen LogP contribution is 2.36. The first-order chi connectivity index (χ1) is 10.0. The van der Waals surface area contributed by atoms with Gasteiger partial charge in [0.15, 0.2) is 0 Å². The van der Waals surface area contributed by atoms with Crippen LogP contribution in [0.15, 0.2) is 36.4 Å². The maximum atomic E-state index is 6.31. The predicted molar refractivity (Wildman–Crippen MR) is 90.4 cm³/mol. The highest BCUT2D eigenvalue weighted by atomic mass is 35.5. The Bertz CT molecular complexity index is 609. The topological polar surface area (TPSA) is 21.3 Å². The van der Waals surface area contributed by atoms with E-state index in [1.54, 1.807) is 13.2 Å². The van der Waals surface area contributed by atoms with Gasteiger partial charge in [0.05, 0.1) is 17.2 Å². The average molecular weight is 324 g/mol. The molecule has 0 aliphatic carbocycles. The highest BCUT2D eigenvalue weighted by molar-refractivity contribution is 6.36. The van der Waals surface area contributed by atoms with Gasteiger partial charge < -0.3 is 10.1 Å². The zero-order valence-electron chi connectivity index (χ0n) is 12.4. The second-order valence-electron chi connectivity index (χ2n) is 5.20. The lowest BCUT2D eigenvalue weighted by Crippen LogP contribution is -2.21. The molecular weight excluding hydrogens is 305 g/mol. The second kappa shape index (κ2) is 7.17. The van der Waals surface area contributed by atoms with E-state index >= 15 is 0 Å². The lowest BCUT2D eigenvalue weighted by atomic mass is 10.0. The molecule has 1 N–H and O–H groups in total. The number of methoxy groups -OCH3 is 1. The van der Waals surface area contributed by atoms with Crippen LogP contribution in [0.1, 0.15) is 19.4 Å². The van der Waals surface area contributed by atoms with Crippen LogP contribution >= 0.6 is 23.2 Å². The maximum Gasteiger partial charge on any atom is 0.138 e. The summed E-state index contributed by atoms with van der Waals surface area (Å²) >= 11 is 12.5. The molecule has 0 spiro atoms. The average Bonchev–Trinajstić information content (AvgIpc) is 2.47. The Morgan fingerprint density at radius 2 is 1.71 bits per heavy atom. The number of hydrogen-bond donors (Lipinski definition) is 1. The van der Waals surface area contributed by atoms with Crippen LogP contribution in [0.5, 0.6) is 5.75 Å². The molecule has 0 bridgehead atoms. The summed E-state index contributed by atoms with van der Waals surface area (Å²) in [6.07, 6.45) is 0. The molecular formula is C17H19Cl2NO. The summed E-state index contributed by atoms with van der Waals surface area (Å²) in [6.45, 7) is 5.12. The van der Waals surface area contributed by atoms with E-state index in [0.29, 0.717) is 21.8 Å². The molecule has 4 heteroatoms. The molecule has 0 atom stereocenters. The Labute approximate surface area is 136 Å². The maximum absolute atomic E-state index is 6.31. The Morgan fingerprint density at radius 3 is 2.29 bits per heavy atom. The van der Waals surface area contributed by atoms with Crippen LogP contribution < -0.4 is 10.1 Å². The minimum atomic E-state index is 0.472. The zero-order valence-corrected chi connectivity index (χ0v) is 13.9. The third-order valence-corrected chi connectivity index (χ3v) is 3.83. The number of hydrogen-bond acceptors (Lipinski definition) is 2. The number of halogens is 2. The molecule has 21 heavy (non-hydrogen) atoms. The number of rotatable bonds is 5. The standard InChI is InChI=1S/C17H19Cl2NO/c1-11(2)20-10-12-4-6-13(7-5-12)14-8-16(19)17(21-3)9-15(14)18/h4-9,11,20H,10H2,1-3H3. The van der Waals surface area contributed by atoms with Crippen molar-refractivity contribution in [3.8, 4) is 16.9 Å². The van der Waals surface area contributed by atoms with Gasteiger partial charge in [0.2, 0.25) is 0 Å². The summed E-state index contributed by atoms with van der Waals surface area (Å²) < 4.78 is 5.17. The molecule has 0 amide bonds. The summed E-state index contributed by atoms with van der Waals surface area (Å²) in [4.78, 5) is 0. The molecule has 0 unspecified atom stereocenters. The fraction of sp³-hybridized carbons (Fsp3) is 0.294. The Morgan fingerprint density at radius 1 is 1.05 bits per heavy atom. The first-order valence-corrected chi connectivity index (χ1v) is 7.62. The molecule has 0 saturated carbocycles. The number of nitrogens with one attached hydrogen (secondary N) is 1. The van der Waals surface area contributed by atoms with E-state index in [2.05, 4.69) is 43.4 Å². The zero-order chi connectivity index (χ0) is 15.4. The van der Waals surface area contributed by atoms with E-state index in [4.69, 9.17) is 27.9 Å². The van der Waals surface area contributed by atoms with E-state index in [1.807, 2.05) is 6.07 Å². The monoisotopic (exact) mass is 323 g/mol. The Hall–Kier alpha value is -1.22. The molecule has 0 radical (unpaired) electrons. The Kier molecular flexibility index (Phi) is 5.51. The molecule has 2 nitrogen and oxygen atoms in total. The quantitative estimate of drug-likeness (QED) is 0.819. The predicted octanol–water partition coefficient (Wildman–Crippen LogP) is 5.17. The second-order valence-corrected chi connectivity index (χ2v) is 6.01. The molecule has 0 aromatic heterocycles. The van der Waals surface area contributed by atoms with Crippen molar-refractivity contribution in [2.24, 2.45) is 0 Å². The molecule has 2 aromatic carbocycles. The van der Waals surface area contributed by atoms with Gasteiger partial charge >= 0.3 is 0 Å². The van der Waals surface area contributed by atoms with Gasteiger partial charge in [0.25, 0.3) is 0 Å². The van der Waals surface area contributed by atoms with E-state index in [0.717, 1.165) is 17.7 Å². The number of ether oxygens (including phenoxy) is 1. The summed E-state index contributed by atoms with van der Waals surface area (Å²) in [5.74, 6) is 0.586. The van der Waals surface area contributed by atoms with Crippen molar-refractivity contribution in [2.75, 3.05) is 7.11 Å². The fourth-order valence-electron chi connectivity index (χ4n) is 2.03. The summed E-state index contributed by atoms with van der Waals surface area (Å²) in [5.41, 5.74) is 3.19. The summed E-state index contributed by atoms with van der Waals surface area (Å²) in [5, 5.41) is 4.58. The molecule has 0 fully saturated rings. The molecule has 2 rings (SSSR count). The molecule has 0 aliphatic heterocycles. The largest absolute Gasteiger partial charge is 0.495 e. The SMILES string of the molecule is COc1cc(Cl)c(-c2ccc(CNC(C)C)cc2)cc1Cl. The molecule has 0 saturated heterocycles. The third kappa shape index (κ3) is 4.13. The van der Waals surface area contributed by atoms with Gasteiger partial charge in [-0.15, -0.1) is 0 Å². The van der Waals surface area contributed by atoms with Crippen LogP contribution in [-0.2, 0) is 6.54 Å². The first-order valence-electron chi connectivity index (χ1n) is 6.87. The van der Waals surface area contributed by atoms with Crippen LogP contribution in [0.2, 0.25) is 10.0 Å². The first kappa shape index (κ1) is 16.2. The molecule has 0 aliphatic rings. The van der Waals surface area contributed by atoms with E-state index in [1.165, 1.54) is 5.56 Å². The van der Waals surface area contributed by atoms with Crippen LogP contribution in [0.3, 0.4) is 0 Å². The highest BCUT2D eigenvalue weighted by Gasteiger charge is 2.09. The van der Waals surface area contributed by atoms with Crippen LogP contribution in [-0.4, -0.2) is 13.2 Å². The summed E-state index contributed by atoms with van der Waals surface area (Å²) in [6, 6.07) is 12.4. The van der Waals surface area contributed by atoms with Crippen molar-refractivity contribution in [3.05, 3.63) is 52.0 Å². The third-order valence-electron chi connectivity index (χ3n) is 3.22. The van der Waals surface area contributed by atoms with Crippen LogP contribution in [0.4, 0.5) is 0 Å². The van der Waals surface area contributed by atoms with Crippen molar-refractivity contribution in [2.45, 2.75) is 26.4 Å². The van der Waals surface area contributed by atoms with E-state index in [-0.39, 0.29) is 0 Å².